The molecule has 0 aliphatic carbocycles. The molecule has 4 nitrogen and oxygen atoms in total. The minimum atomic E-state index is -1.18. The molecule has 0 spiro atoms. The van der Waals surface area contributed by atoms with Crippen LogP contribution >= 0.6 is 11.8 Å². The van der Waals surface area contributed by atoms with E-state index in [0.29, 0.717) is 0 Å². The summed E-state index contributed by atoms with van der Waals surface area (Å²) in [6.07, 6.45) is 0. The fourth-order valence-electron chi connectivity index (χ4n) is 1.97. The van der Waals surface area contributed by atoms with E-state index in [1.807, 2.05) is 0 Å². The summed E-state index contributed by atoms with van der Waals surface area (Å²) >= 11 is 1.26. The normalized spacial score (nSPS) is 22.6. The molecule has 1 aromatic rings. The summed E-state index contributed by atoms with van der Waals surface area (Å²) in [4.78, 5) is 24.3. The Morgan fingerprint density at radius 2 is 1.95 bits per heavy atom. The molecule has 1 aromatic carbocycles. The molecule has 2 unspecified atom stereocenters. The van der Waals surface area contributed by atoms with Crippen LogP contribution in [0.5, 0.6) is 0 Å². The third-order valence-electron chi connectivity index (χ3n) is 2.92. The van der Waals surface area contributed by atoms with Gasteiger partial charge in [-0.25, -0.2) is 13.6 Å². The van der Waals surface area contributed by atoms with Gasteiger partial charge in [-0.1, -0.05) is 6.07 Å². The minimum Gasteiger partial charge on any atom is -0.480 e. The molecule has 1 N–H and O–H groups in total. The molecule has 1 aliphatic rings. The first-order chi connectivity index (χ1) is 8.93. The lowest BCUT2D eigenvalue weighted by atomic mass is 10.1. The van der Waals surface area contributed by atoms with Crippen molar-refractivity contribution in [2.24, 2.45) is 0 Å². The summed E-state index contributed by atoms with van der Waals surface area (Å²) in [7, 11) is 0. The Morgan fingerprint density at radius 3 is 2.47 bits per heavy atom. The molecule has 2 rings (SSSR count). The number of aliphatic carboxylic acids is 1. The van der Waals surface area contributed by atoms with Crippen molar-refractivity contribution in [3.63, 3.8) is 0 Å². The van der Waals surface area contributed by atoms with E-state index in [1.165, 1.54) is 11.8 Å². The van der Waals surface area contributed by atoms with Crippen molar-refractivity contribution < 1.29 is 23.5 Å². The van der Waals surface area contributed by atoms with E-state index in [9.17, 15) is 18.4 Å². The van der Waals surface area contributed by atoms with Crippen LogP contribution in [0.25, 0.3) is 0 Å². The second-order valence-electron chi connectivity index (χ2n) is 4.10. The van der Waals surface area contributed by atoms with E-state index >= 15 is 0 Å². The van der Waals surface area contributed by atoms with Gasteiger partial charge < -0.3 is 10.0 Å². The highest BCUT2D eigenvalue weighted by atomic mass is 32.2. The summed E-state index contributed by atoms with van der Waals surface area (Å²) in [5.74, 6) is -3.88. The maximum Gasteiger partial charge on any atom is 0.327 e. The molecule has 0 bridgehead atoms. The van der Waals surface area contributed by atoms with Crippen molar-refractivity contribution in [1.82, 2.24) is 4.90 Å². The maximum absolute atomic E-state index is 13.6. The topological polar surface area (TPSA) is 57.6 Å². The summed E-state index contributed by atoms with van der Waals surface area (Å²) in [6.45, 7) is 1.63. The van der Waals surface area contributed by atoms with Crippen molar-refractivity contribution in [2.75, 3.05) is 5.75 Å². The van der Waals surface area contributed by atoms with Crippen LogP contribution in [0.3, 0.4) is 0 Å². The van der Waals surface area contributed by atoms with Crippen molar-refractivity contribution in [3.05, 3.63) is 35.4 Å². The van der Waals surface area contributed by atoms with Crippen LogP contribution in [0, 0.1) is 11.6 Å². The fraction of sp³-hybridized carbons (Fsp3) is 0.333. The van der Waals surface area contributed by atoms with Crippen LogP contribution < -0.4 is 0 Å². The number of carbonyl (C=O) groups is 2. The fourth-order valence-corrected chi connectivity index (χ4v) is 3.14. The number of carbonyl (C=O) groups excluding carboxylic acids is 1. The SMILES string of the molecule is CC1SCC(C(=O)O)N1C(=O)c1c(F)cccc1F. The number of hydrogen-bond acceptors (Lipinski definition) is 3. The van der Waals surface area contributed by atoms with Gasteiger partial charge in [-0.15, -0.1) is 11.8 Å². The number of thioether (sulfide) groups is 1. The van der Waals surface area contributed by atoms with E-state index in [1.54, 1.807) is 6.92 Å². The van der Waals surface area contributed by atoms with Crippen molar-refractivity contribution in [1.29, 1.82) is 0 Å². The summed E-state index contributed by atoms with van der Waals surface area (Å²) in [5.41, 5.74) is -0.705. The standard InChI is InChI=1S/C12H11F2NO3S/c1-6-15(9(5-19-6)12(17)18)11(16)10-7(13)3-2-4-8(10)14/h2-4,6,9H,5H2,1H3,(H,17,18). The lowest BCUT2D eigenvalue weighted by Crippen LogP contribution is -2.45. The third-order valence-corrected chi connectivity index (χ3v) is 4.14. The average Bonchev–Trinajstić information content (AvgIpc) is 2.70. The Hall–Kier alpha value is -1.63. The van der Waals surface area contributed by atoms with E-state index < -0.39 is 40.5 Å². The predicted molar refractivity (Wildman–Crippen MR) is 65.9 cm³/mol. The van der Waals surface area contributed by atoms with Crippen LogP contribution in [0.1, 0.15) is 17.3 Å². The monoisotopic (exact) mass is 287 g/mol. The number of hydrogen-bond donors (Lipinski definition) is 1. The van der Waals surface area contributed by atoms with Gasteiger partial charge in [0.25, 0.3) is 5.91 Å². The van der Waals surface area contributed by atoms with Crippen LogP contribution in [0.2, 0.25) is 0 Å². The third kappa shape index (κ3) is 2.42. The number of benzene rings is 1. The largest absolute Gasteiger partial charge is 0.480 e. The van der Waals surface area contributed by atoms with Gasteiger partial charge in [-0.05, 0) is 19.1 Å². The van der Waals surface area contributed by atoms with Crippen molar-refractivity contribution in [3.8, 4) is 0 Å². The number of nitrogens with zero attached hydrogens (tertiary/aromatic N) is 1. The van der Waals surface area contributed by atoms with Gasteiger partial charge in [-0.2, -0.15) is 0 Å². The number of rotatable bonds is 2. The maximum atomic E-state index is 13.6. The lowest BCUT2D eigenvalue weighted by Gasteiger charge is -2.25. The van der Waals surface area contributed by atoms with Crippen molar-refractivity contribution >= 4 is 23.6 Å². The zero-order valence-corrected chi connectivity index (χ0v) is 10.8. The molecule has 1 saturated heterocycles. The van der Waals surface area contributed by atoms with E-state index in [4.69, 9.17) is 5.11 Å². The average molecular weight is 287 g/mol. The van der Waals surface area contributed by atoms with Gasteiger partial charge in [0, 0.05) is 5.75 Å². The minimum absolute atomic E-state index is 0.207. The molecule has 1 amide bonds. The molecule has 0 aromatic heterocycles. The zero-order valence-electron chi connectivity index (χ0n) is 9.97. The first-order valence-corrected chi connectivity index (χ1v) is 6.59. The van der Waals surface area contributed by atoms with Gasteiger partial charge in [0.05, 0.1) is 5.37 Å². The number of halogens is 2. The molecule has 7 heteroatoms. The Kier molecular flexibility index (Phi) is 3.75. The van der Waals surface area contributed by atoms with Gasteiger partial charge in [-0.3, -0.25) is 4.79 Å². The molecule has 0 radical (unpaired) electrons. The molecule has 1 aliphatic heterocycles. The highest BCUT2D eigenvalue weighted by Gasteiger charge is 2.41. The molecule has 2 atom stereocenters. The second-order valence-corrected chi connectivity index (χ2v) is 5.44. The molecule has 102 valence electrons. The summed E-state index contributed by atoms with van der Waals surface area (Å²) in [6, 6.07) is 2.03. The van der Waals surface area contributed by atoms with Crippen LogP contribution in [-0.2, 0) is 4.79 Å². The summed E-state index contributed by atoms with van der Waals surface area (Å²) < 4.78 is 27.1. The Bertz CT molecular complexity index is 517. The number of amides is 1. The van der Waals surface area contributed by atoms with Crippen LogP contribution in [0.4, 0.5) is 8.78 Å². The molecule has 1 fully saturated rings. The highest BCUT2D eigenvalue weighted by Crippen LogP contribution is 2.31. The van der Waals surface area contributed by atoms with Crippen LogP contribution in [0.15, 0.2) is 18.2 Å². The summed E-state index contributed by atoms with van der Waals surface area (Å²) in [5, 5.41) is 8.60. The van der Waals surface area contributed by atoms with Crippen LogP contribution in [-0.4, -0.2) is 39.1 Å². The Balaban J connectivity index is 2.40. The number of carboxylic acid groups (broad SMARTS) is 1. The molecular weight excluding hydrogens is 276 g/mol. The van der Waals surface area contributed by atoms with E-state index in [0.717, 1.165) is 23.1 Å². The predicted octanol–water partition coefficient (Wildman–Crippen LogP) is 1.95. The van der Waals surface area contributed by atoms with Gasteiger partial charge in [0.2, 0.25) is 0 Å². The van der Waals surface area contributed by atoms with Gasteiger partial charge in [0.15, 0.2) is 0 Å². The molecule has 1 heterocycles. The quantitative estimate of drug-likeness (QED) is 0.903. The van der Waals surface area contributed by atoms with Gasteiger partial charge in [0.1, 0.15) is 23.2 Å². The smallest absolute Gasteiger partial charge is 0.327 e. The first-order valence-electron chi connectivity index (χ1n) is 5.54. The van der Waals surface area contributed by atoms with Gasteiger partial charge >= 0.3 is 5.97 Å². The Labute approximate surface area is 112 Å². The van der Waals surface area contributed by atoms with E-state index in [-0.39, 0.29) is 5.75 Å². The zero-order chi connectivity index (χ0) is 14.2. The Morgan fingerprint density at radius 1 is 1.37 bits per heavy atom. The second kappa shape index (κ2) is 5.16. The highest BCUT2D eigenvalue weighted by molar-refractivity contribution is 8.00. The molecular formula is C12H11F2NO3S. The lowest BCUT2D eigenvalue weighted by molar-refractivity contribution is -0.141. The molecule has 19 heavy (non-hydrogen) atoms. The molecule has 0 saturated carbocycles. The number of carboxylic acids is 1. The van der Waals surface area contributed by atoms with Crippen molar-refractivity contribution in [2.45, 2.75) is 18.3 Å². The van der Waals surface area contributed by atoms with E-state index in [2.05, 4.69) is 0 Å². The first kappa shape index (κ1) is 13.8.